The molecule has 2 N–H and O–H groups in total. The van der Waals surface area contributed by atoms with Crippen LogP contribution in [0.3, 0.4) is 0 Å². The number of aromatic nitrogens is 4. The van der Waals surface area contributed by atoms with Crippen molar-refractivity contribution in [2.24, 2.45) is 0 Å². The van der Waals surface area contributed by atoms with Crippen molar-refractivity contribution >= 4 is 56.7 Å². The van der Waals surface area contributed by atoms with Crippen LogP contribution in [0.1, 0.15) is 25.1 Å². The second-order valence-electron chi connectivity index (χ2n) is 7.82. The number of thioether (sulfide) groups is 1. The predicted octanol–water partition coefficient (Wildman–Crippen LogP) is 6.05. The Morgan fingerprint density at radius 1 is 1.23 bits per heavy atom. The maximum atomic E-state index is 12.0. The second kappa shape index (κ2) is 9.80. The van der Waals surface area contributed by atoms with Gasteiger partial charge in [-0.05, 0) is 48.9 Å². The van der Waals surface area contributed by atoms with Gasteiger partial charge in [0.25, 0.3) is 5.24 Å². The summed E-state index contributed by atoms with van der Waals surface area (Å²) in [4.78, 5) is 33.5. The lowest BCUT2D eigenvalue weighted by molar-refractivity contribution is -0.114. The first kappa shape index (κ1) is 23.5. The fraction of sp³-hybridized carbons (Fsp3) is 0.208. The van der Waals surface area contributed by atoms with Crippen molar-refractivity contribution in [2.75, 3.05) is 16.4 Å². The van der Waals surface area contributed by atoms with Gasteiger partial charge < -0.3 is 10.6 Å². The van der Waals surface area contributed by atoms with Crippen LogP contribution < -0.4 is 10.6 Å². The van der Waals surface area contributed by atoms with Gasteiger partial charge in [-0.25, -0.2) is 9.67 Å². The first-order chi connectivity index (χ1) is 16.9. The molecule has 11 heteroatoms. The number of carbonyl (C=O) groups is 2. The molecule has 0 radical (unpaired) electrons. The van der Waals surface area contributed by atoms with Gasteiger partial charge in [-0.3, -0.25) is 14.6 Å². The molecule has 0 saturated heterocycles. The number of aryl methyl sites for hydroxylation is 1. The van der Waals surface area contributed by atoms with Gasteiger partial charge >= 0.3 is 0 Å². The van der Waals surface area contributed by atoms with Gasteiger partial charge in [-0.15, -0.1) is 0 Å². The summed E-state index contributed by atoms with van der Waals surface area (Å²) < 4.78 is 1.83. The minimum atomic E-state index is -0.164. The summed E-state index contributed by atoms with van der Waals surface area (Å²) in [6.45, 7) is 3.39. The molecule has 1 aliphatic carbocycles. The normalized spacial score (nSPS) is 12.1. The third-order valence-corrected chi connectivity index (χ3v) is 7.40. The molecule has 2 amide bonds. The first-order valence-corrected chi connectivity index (χ1v) is 13.2. The number of thiazole rings is 1. The molecule has 3 aromatic heterocycles. The van der Waals surface area contributed by atoms with Crippen LogP contribution in [-0.2, 0) is 17.6 Å². The molecular weight excluding hydrogens is 504 g/mol. The molecule has 8 nitrogen and oxygen atoms in total. The van der Waals surface area contributed by atoms with Crippen molar-refractivity contribution in [3.8, 4) is 27.5 Å². The SMILES string of the molecule is CCSC(=O)Nc1ccc(-n2nc(-c3cccnc3)c3c2-c2sc(NC(C)=O)nc2CC3)c(Cl)c1. The van der Waals surface area contributed by atoms with E-state index in [-0.39, 0.29) is 11.1 Å². The highest BCUT2D eigenvalue weighted by Gasteiger charge is 2.30. The average molecular weight is 525 g/mol. The summed E-state index contributed by atoms with van der Waals surface area (Å²) in [7, 11) is 0. The fourth-order valence-electron chi connectivity index (χ4n) is 4.02. The number of anilines is 2. The largest absolute Gasteiger partial charge is 0.317 e. The number of carbonyl (C=O) groups excluding carboxylic acids is 2. The third-order valence-electron chi connectivity index (χ3n) is 5.42. The Morgan fingerprint density at radius 2 is 2.09 bits per heavy atom. The van der Waals surface area contributed by atoms with E-state index in [1.165, 1.54) is 30.0 Å². The highest BCUT2D eigenvalue weighted by Crippen LogP contribution is 2.44. The van der Waals surface area contributed by atoms with Gasteiger partial charge in [0, 0.05) is 36.1 Å². The maximum absolute atomic E-state index is 12.0. The summed E-state index contributed by atoms with van der Waals surface area (Å²) >= 11 is 9.35. The molecule has 0 bridgehead atoms. The smallest absolute Gasteiger partial charge is 0.283 e. The number of fused-ring (bicyclic) bond motifs is 3. The van der Waals surface area contributed by atoms with Crippen LogP contribution in [0.5, 0.6) is 0 Å². The van der Waals surface area contributed by atoms with Crippen LogP contribution in [0, 0.1) is 0 Å². The number of rotatable bonds is 5. The monoisotopic (exact) mass is 524 g/mol. The Hall–Kier alpha value is -3.21. The fourth-order valence-corrected chi connectivity index (χ4v) is 5.85. The second-order valence-corrected chi connectivity index (χ2v) is 10.5. The molecule has 1 aromatic carbocycles. The molecule has 0 spiro atoms. The van der Waals surface area contributed by atoms with Crippen LogP contribution in [0.15, 0.2) is 42.7 Å². The van der Waals surface area contributed by atoms with Crippen molar-refractivity contribution < 1.29 is 9.59 Å². The van der Waals surface area contributed by atoms with Gasteiger partial charge in [0.15, 0.2) is 5.13 Å². The lowest BCUT2D eigenvalue weighted by atomic mass is 9.95. The van der Waals surface area contributed by atoms with E-state index in [2.05, 4.69) is 20.6 Å². The highest BCUT2D eigenvalue weighted by atomic mass is 35.5. The Morgan fingerprint density at radius 3 is 2.80 bits per heavy atom. The number of hydrogen-bond acceptors (Lipinski definition) is 7. The highest BCUT2D eigenvalue weighted by molar-refractivity contribution is 8.13. The minimum Gasteiger partial charge on any atom is -0.317 e. The van der Waals surface area contributed by atoms with Crippen LogP contribution in [0.4, 0.5) is 15.6 Å². The van der Waals surface area contributed by atoms with E-state index in [4.69, 9.17) is 16.7 Å². The number of hydrogen-bond donors (Lipinski definition) is 2. The van der Waals surface area contributed by atoms with Crippen molar-refractivity contribution in [3.05, 3.63) is 59.0 Å². The molecule has 0 fully saturated rings. The molecule has 178 valence electrons. The van der Waals surface area contributed by atoms with Gasteiger partial charge in [0.2, 0.25) is 5.91 Å². The Labute approximate surface area is 215 Å². The van der Waals surface area contributed by atoms with E-state index < -0.39 is 0 Å². The minimum absolute atomic E-state index is 0.133. The summed E-state index contributed by atoms with van der Waals surface area (Å²) in [6, 6.07) is 9.25. The molecule has 4 aromatic rings. The van der Waals surface area contributed by atoms with Crippen LogP contribution >= 0.6 is 34.7 Å². The average Bonchev–Trinajstić information content (AvgIpc) is 3.40. The van der Waals surface area contributed by atoms with Gasteiger partial charge in [0.05, 0.1) is 32.7 Å². The van der Waals surface area contributed by atoms with E-state index in [1.807, 2.05) is 35.9 Å². The number of nitrogens with zero attached hydrogens (tertiary/aromatic N) is 4. The molecular formula is C24H21ClN6O2S2. The number of benzene rings is 1. The van der Waals surface area contributed by atoms with Gasteiger partial charge in [-0.2, -0.15) is 5.10 Å². The van der Waals surface area contributed by atoms with E-state index >= 15 is 0 Å². The Bertz CT molecular complexity index is 1430. The molecule has 35 heavy (non-hydrogen) atoms. The summed E-state index contributed by atoms with van der Waals surface area (Å²) in [5.41, 5.74) is 5.94. The number of nitrogens with one attached hydrogen (secondary N) is 2. The molecule has 1 aliphatic rings. The van der Waals surface area contributed by atoms with Crippen molar-refractivity contribution in [2.45, 2.75) is 26.7 Å². The molecule has 5 rings (SSSR count). The standard InChI is InChI=1S/C24H21ClN6O2S2/c1-3-34-24(33)28-15-6-9-19(17(25)11-15)31-21-16(20(30-31)14-5-4-10-26-12-14)7-8-18-22(21)35-23(29-18)27-13(2)32/h4-6,9-12H,3,7-8H2,1-2H3,(H,28,33)(H,27,29,32). The van der Waals surface area contributed by atoms with Gasteiger partial charge in [0.1, 0.15) is 0 Å². The molecule has 0 aliphatic heterocycles. The molecule has 0 unspecified atom stereocenters. The van der Waals surface area contributed by atoms with E-state index in [9.17, 15) is 9.59 Å². The van der Waals surface area contributed by atoms with Crippen molar-refractivity contribution in [3.63, 3.8) is 0 Å². The van der Waals surface area contributed by atoms with Crippen LogP contribution in [-0.4, -0.2) is 36.6 Å². The maximum Gasteiger partial charge on any atom is 0.283 e. The zero-order valence-electron chi connectivity index (χ0n) is 19.0. The Kier molecular flexibility index (Phi) is 6.59. The summed E-state index contributed by atoms with van der Waals surface area (Å²) in [6.07, 6.45) is 5.01. The molecule has 0 atom stereocenters. The summed E-state index contributed by atoms with van der Waals surface area (Å²) in [5.74, 6) is 0.522. The molecule has 0 saturated carbocycles. The third kappa shape index (κ3) is 4.69. The topological polar surface area (TPSA) is 102 Å². The first-order valence-electron chi connectivity index (χ1n) is 11.0. The van der Waals surface area contributed by atoms with Crippen LogP contribution in [0.2, 0.25) is 5.02 Å². The van der Waals surface area contributed by atoms with Crippen LogP contribution in [0.25, 0.3) is 27.5 Å². The number of halogens is 1. The Balaban J connectivity index is 1.64. The predicted molar refractivity (Wildman–Crippen MR) is 142 cm³/mol. The van der Waals surface area contributed by atoms with Gasteiger partial charge in [-0.1, -0.05) is 41.6 Å². The number of amides is 2. The van der Waals surface area contributed by atoms with E-state index in [0.717, 1.165) is 45.9 Å². The van der Waals surface area contributed by atoms with Crippen molar-refractivity contribution in [1.29, 1.82) is 0 Å². The quantitative estimate of drug-likeness (QED) is 0.329. The lowest BCUT2D eigenvalue weighted by Crippen LogP contribution is -2.08. The number of pyridine rings is 1. The van der Waals surface area contributed by atoms with Crippen molar-refractivity contribution in [1.82, 2.24) is 19.7 Å². The zero-order chi connectivity index (χ0) is 24.5. The lowest BCUT2D eigenvalue weighted by Gasteiger charge is -2.15. The zero-order valence-corrected chi connectivity index (χ0v) is 21.4. The molecule has 3 heterocycles. The van der Waals surface area contributed by atoms with E-state index in [0.29, 0.717) is 27.3 Å². The van der Waals surface area contributed by atoms with E-state index in [1.54, 1.807) is 18.5 Å². The summed E-state index contributed by atoms with van der Waals surface area (Å²) in [5, 5.41) is 11.5.